The van der Waals surface area contributed by atoms with Crippen molar-refractivity contribution in [2.45, 2.75) is 6.10 Å². The Morgan fingerprint density at radius 1 is 1.38 bits per heavy atom. The monoisotopic (exact) mass is 324 g/mol. The number of benzene rings is 1. The van der Waals surface area contributed by atoms with Crippen molar-refractivity contribution in [2.75, 3.05) is 25.5 Å². The minimum absolute atomic E-state index is 0.155. The lowest BCUT2D eigenvalue weighted by molar-refractivity contribution is 0.0918. The molecule has 6 heteroatoms. The molecule has 1 aromatic carbocycles. The van der Waals surface area contributed by atoms with E-state index in [1.807, 2.05) is 37.2 Å². The van der Waals surface area contributed by atoms with E-state index in [0.717, 1.165) is 10.6 Å². The zero-order chi connectivity index (χ0) is 15.4. The van der Waals surface area contributed by atoms with Gasteiger partial charge in [-0.15, -0.1) is 11.3 Å². The Labute approximate surface area is 133 Å². The van der Waals surface area contributed by atoms with Crippen molar-refractivity contribution in [1.82, 2.24) is 5.32 Å². The van der Waals surface area contributed by atoms with Crippen LogP contribution in [-0.2, 0) is 0 Å². The summed E-state index contributed by atoms with van der Waals surface area (Å²) in [6, 6.07) is 10.8. The highest BCUT2D eigenvalue weighted by Gasteiger charge is 2.13. The van der Waals surface area contributed by atoms with Gasteiger partial charge in [-0.1, -0.05) is 17.7 Å². The van der Waals surface area contributed by atoms with Crippen LogP contribution in [0.15, 0.2) is 36.4 Å². The molecule has 0 radical (unpaired) electrons. The molecule has 0 saturated carbocycles. The van der Waals surface area contributed by atoms with Gasteiger partial charge in [0, 0.05) is 36.8 Å². The topological polar surface area (TPSA) is 52.6 Å². The fraction of sp³-hybridized carbons (Fsp3) is 0.267. The van der Waals surface area contributed by atoms with Gasteiger partial charge in [0.1, 0.15) is 6.10 Å². The third-order valence-corrected chi connectivity index (χ3v) is 4.34. The molecule has 0 unspecified atom stereocenters. The molecule has 0 fully saturated rings. The van der Waals surface area contributed by atoms with E-state index < -0.39 is 6.10 Å². The molecule has 21 heavy (non-hydrogen) atoms. The van der Waals surface area contributed by atoms with Gasteiger partial charge < -0.3 is 15.3 Å². The minimum Gasteiger partial charge on any atom is -0.386 e. The second kappa shape index (κ2) is 6.93. The Hall–Kier alpha value is -1.56. The van der Waals surface area contributed by atoms with E-state index in [9.17, 15) is 9.90 Å². The summed E-state index contributed by atoms with van der Waals surface area (Å²) in [4.78, 5) is 14.8. The Balaban J connectivity index is 1.97. The smallest absolute Gasteiger partial charge is 0.251 e. The Morgan fingerprint density at radius 3 is 2.76 bits per heavy atom. The number of aliphatic hydroxyl groups is 1. The van der Waals surface area contributed by atoms with Crippen molar-refractivity contribution in [3.8, 4) is 0 Å². The fourth-order valence-electron chi connectivity index (χ4n) is 1.82. The maximum atomic E-state index is 12.1. The second-order valence-corrected chi connectivity index (χ2v) is 6.56. The summed E-state index contributed by atoms with van der Waals surface area (Å²) < 4.78 is 0.620. The van der Waals surface area contributed by atoms with Crippen LogP contribution in [0.1, 0.15) is 21.3 Å². The van der Waals surface area contributed by atoms with Crippen LogP contribution in [0.2, 0.25) is 4.34 Å². The van der Waals surface area contributed by atoms with Gasteiger partial charge in [0.25, 0.3) is 5.91 Å². The van der Waals surface area contributed by atoms with Gasteiger partial charge in [-0.05, 0) is 30.3 Å². The number of nitrogens with zero attached hydrogens (tertiary/aromatic N) is 1. The summed E-state index contributed by atoms with van der Waals surface area (Å²) in [6.45, 7) is 0.155. The lowest BCUT2D eigenvalue weighted by Crippen LogP contribution is -2.28. The molecule has 2 N–H and O–H groups in total. The molecule has 112 valence electrons. The number of thiophene rings is 1. The van der Waals surface area contributed by atoms with Crippen molar-refractivity contribution in [2.24, 2.45) is 0 Å². The molecule has 0 aliphatic carbocycles. The van der Waals surface area contributed by atoms with E-state index in [1.165, 1.54) is 11.3 Å². The molecule has 0 saturated heterocycles. The predicted molar refractivity (Wildman–Crippen MR) is 87.4 cm³/mol. The SMILES string of the molecule is CN(C)c1cccc(C(=O)NC[C@@H](O)c2ccc(Cl)s2)c1. The van der Waals surface area contributed by atoms with Gasteiger partial charge >= 0.3 is 0 Å². The highest BCUT2D eigenvalue weighted by atomic mass is 35.5. The third kappa shape index (κ3) is 4.20. The standard InChI is InChI=1S/C15H17ClN2O2S/c1-18(2)11-5-3-4-10(8-11)15(20)17-9-12(19)13-6-7-14(16)21-13/h3-8,12,19H,9H2,1-2H3,(H,17,20)/t12-/m1/s1. The van der Waals surface area contributed by atoms with Gasteiger partial charge in [-0.25, -0.2) is 0 Å². The maximum absolute atomic E-state index is 12.1. The molecule has 4 nitrogen and oxygen atoms in total. The first-order valence-corrected chi connectivity index (χ1v) is 7.65. The summed E-state index contributed by atoms with van der Waals surface area (Å²) in [5, 5.41) is 12.7. The number of anilines is 1. The number of aliphatic hydroxyl groups excluding tert-OH is 1. The highest BCUT2D eigenvalue weighted by Crippen LogP contribution is 2.26. The van der Waals surface area contributed by atoms with Crippen LogP contribution in [0.3, 0.4) is 0 Å². The molecule has 2 rings (SSSR count). The molecule has 1 aromatic heterocycles. The molecule has 0 aliphatic rings. The molecule has 1 amide bonds. The Bertz CT molecular complexity index is 628. The average molecular weight is 325 g/mol. The normalized spacial score (nSPS) is 12.0. The largest absolute Gasteiger partial charge is 0.386 e. The van der Waals surface area contributed by atoms with Crippen LogP contribution in [0.4, 0.5) is 5.69 Å². The zero-order valence-corrected chi connectivity index (χ0v) is 13.4. The minimum atomic E-state index is -0.747. The zero-order valence-electron chi connectivity index (χ0n) is 11.8. The van der Waals surface area contributed by atoms with Crippen molar-refractivity contribution in [1.29, 1.82) is 0 Å². The fourth-order valence-corrected chi connectivity index (χ4v) is 2.87. The number of nitrogens with one attached hydrogen (secondary N) is 1. The van der Waals surface area contributed by atoms with E-state index in [4.69, 9.17) is 11.6 Å². The van der Waals surface area contributed by atoms with E-state index in [1.54, 1.807) is 18.2 Å². The molecule has 2 aromatic rings. The summed E-state index contributed by atoms with van der Waals surface area (Å²) >= 11 is 7.13. The number of hydrogen-bond donors (Lipinski definition) is 2. The molecule has 0 bridgehead atoms. The lowest BCUT2D eigenvalue weighted by Gasteiger charge is -2.14. The highest BCUT2D eigenvalue weighted by molar-refractivity contribution is 7.16. The number of carbonyl (C=O) groups excluding carboxylic acids is 1. The summed E-state index contributed by atoms with van der Waals surface area (Å²) in [5.74, 6) is -0.208. The second-order valence-electron chi connectivity index (χ2n) is 4.81. The molecular weight excluding hydrogens is 308 g/mol. The molecule has 0 spiro atoms. The van der Waals surface area contributed by atoms with Crippen LogP contribution in [0, 0.1) is 0 Å². The van der Waals surface area contributed by atoms with Gasteiger partial charge in [-0.3, -0.25) is 4.79 Å². The summed E-state index contributed by atoms with van der Waals surface area (Å²) in [7, 11) is 3.84. The van der Waals surface area contributed by atoms with Crippen LogP contribution >= 0.6 is 22.9 Å². The van der Waals surface area contributed by atoms with Gasteiger partial charge in [-0.2, -0.15) is 0 Å². The number of hydrogen-bond acceptors (Lipinski definition) is 4. The summed E-state index contributed by atoms with van der Waals surface area (Å²) in [5.41, 5.74) is 1.52. The van der Waals surface area contributed by atoms with Gasteiger partial charge in [0.15, 0.2) is 0 Å². The first-order chi connectivity index (χ1) is 9.97. The summed E-state index contributed by atoms with van der Waals surface area (Å²) in [6.07, 6.45) is -0.747. The predicted octanol–water partition coefficient (Wildman–Crippen LogP) is 2.93. The molecular formula is C15H17ClN2O2S. The van der Waals surface area contributed by atoms with E-state index in [2.05, 4.69) is 5.32 Å². The third-order valence-electron chi connectivity index (χ3n) is 3.00. The Morgan fingerprint density at radius 2 is 2.14 bits per heavy atom. The van der Waals surface area contributed by atoms with Gasteiger partial charge in [0.05, 0.1) is 4.34 Å². The lowest BCUT2D eigenvalue weighted by atomic mass is 10.1. The van der Waals surface area contributed by atoms with E-state index in [0.29, 0.717) is 9.90 Å². The van der Waals surface area contributed by atoms with E-state index >= 15 is 0 Å². The molecule has 1 heterocycles. The maximum Gasteiger partial charge on any atom is 0.251 e. The van der Waals surface area contributed by atoms with Crippen LogP contribution in [0.25, 0.3) is 0 Å². The molecule has 0 aliphatic heterocycles. The molecule has 1 atom stereocenters. The van der Waals surface area contributed by atoms with Crippen LogP contribution in [0.5, 0.6) is 0 Å². The van der Waals surface area contributed by atoms with Crippen molar-refractivity contribution < 1.29 is 9.90 Å². The van der Waals surface area contributed by atoms with Crippen molar-refractivity contribution >= 4 is 34.5 Å². The average Bonchev–Trinajstić information content (AvgIpc) is 2.91. The van der Waals surface area contributed by atoms with Crippen molar-refractivity contribution in [3.05, 3.63) is 51.2 Å². The number of carbonyl (C=O) groups is 1. The first kappa shape index (κ1) is 15.8. The Kier molecular flexibility index (Phi) is 5.22. The van der Waals surface area contributed by atoms with Gasteiger partial charge in [0.2, 0.25) is 0 Å². The number of rotatable bonds is 5. The first-order valence-electron chi connectivity index (χ1n) is 6.46. The number of halogens is 1. The van der Waals surface area contributed by atoms with Crippen LogP contribution < -0.4 is 10.2 Å². The van der Waals surface area contributed by atoms with Crippen molar-refractivity contribution in [3.63, 3.8) is 0 Å². The van der Waals surface area contributed by atoms with E-state index in [-0.39, 0.29) is 12.5 Å². The van der Waals surface area contributed by atoms with Crippen LogP contribution in [-0.4, -0.2) is 31.7 Å². The quantitative estimate of drug-likeness (QED) is 0.889. The number of amides is 1.